The Morgan fingerprint density at radius 2 is 1.82 bits per heavy atom. The zero-order chi connectivity index (χ0) is 16.1. The smallest absolute Gasteiger partial charge is 0.242 e. The van der Waals surface area contributed by atoms with E-state index in [-0.39, 0.29) is 18.0 Å². The molecular weight excluding hydrogens is 292 g/mol. The summed E-state index contributed by atoms with van der Waals surface area (Å²) in [4.78, 5) is 27.0. The van der Waals surface area contributed by atoms with Gasteiger partial charge in [-0.2, -0.15) is 0 Å². The van der Waals surface area contributed by atoms with Crippen molar-refractivity contribution in [3.63, 3.8) is 0 Å². The van der Waals surface area contributed by atoms with Gasteiger partial charge in [0.05, 0.1) is 13.0 Å². The normalized spacial score (nSPS) is 14.8. The third-order valence-electron chi connectivity index (χ3n) is 3.66. The summed E-state index contributed by atoms with van der Waals surface area (Å²) in [6.07, 6.45) is -0.399. The summed E-state index contributed by atoms with van der Waals surface area (Å²) in [5.74, 6) is -2.16. The molecule has 1 aliphatic rings. The van der Waals surface area contributed by atoms with Crippen molar-refractivity contribution in [1.82, 2.24) is 15.1 Å². The van der Waals surface area contributed by atoms with Gasteiger partial charge in [0.1, 0.15) is 11.6 Å². The topological polar surface area (TPSA) is 52.7 Å². The van der Waals surface area contributed by atoms with Gasteiger partial charge in [0.15, 0.2) is 0 Å². The summed E-state index contributed by atoms with van der Waals surface area (Å²) >= 11 is 0. The number of hydrogen-bond acceptors (Lipinski definition) is 3. The maximum atomic E-state index is 13.5. The quantitative estimate of drug-likeness (QED) is 0.876. The van der Waals surface area contributed by atoms with E-state index in [0.717, 1.165) is 25.2 Å². The van der Waals surface area contributed by atoms with Crippen LogP contribution in [0, 0.1) is 11.6 Å². The van der Waals surface area contributed by atoms with Gasteiger partial charge in [0, 0.05) is 38.8 Å². The van der Waals surface area contributed by atoms with Crippen LogP contribution in [0.5, 0.6) is 0 Å². The number of hydrogen-bond donors (Lipinski definition) is 1. The van der Waals surface area contributed by atoms with Gasteiger partial charge in [0.2, 0.25) is 11.8 Å². The van der Waals surface area contributed by atoms with Crippen LogP contribution in [-0.2, 0) is 16.0 Å². The number of carbonyl (C=O) groups excluding carboxylic acids is 2. The Labute approximate surface area is 127 Å². The van der Waals surface area contributed by atoms with Crippen LogP contribution >= 0.6 is 0 Å². The van der Waals surface area contributed by atoms with Gasteiger partial charge < -0.3 is 15.1 Å². The first-order chi connectivity index (χ1) is 10.5. The molecule has 1 aliphatic heterocycles. The van der Waals surface area contributed by atoms with Crippen molar-refractivity contribution in [1.29, 1.82) is 0 Å². The number of rotatable bonds is 4. The maximum Gasteiger partial charge on any atom is 0.242 e. The van der Waals surface area contributed by atoms with E-state index in [1.165, 1.54) is 18.0 Å². The molecule has 1 N–H and O–H groups in total. The molecule has 1 fully saturated rings. The standard InChI is InChI=1S/C15H19F2N3O2/c1-19(10-15(22)20-7-5-18-6-8-20)14(21)9-11-12(16)3-2-4-13(11)17/h2-4,18H,5-10H2,1H3. The van der Waals surface area contributed by atoms with E-state index in [1.807, 2.05) is 0 Å². The molecule has 0 bridgehead atoms. The number of amides is 2. The van der Waals surface area contributed by atoms with Crippen molar-refractivity contribution >= 4 is 11.8 Å². The highest BCUT2D eigenvalue weighted by molar-refractivity contribution is 5.85. The SMILES string of the molecule is CN(CC(=O)N1CCNCC1)C(=O)Cc1c(F)cccc1F. The lowest BCUT2D eigenvalue weighted by atomic mass is 10.1. The summed E-state index contributed by atoms with van der Waals surface area (Å²) in [6, 6.07) is 3.46. The van der Waals surface area contributed by atoms with E-state index < -0.39 is 24.0 Å². The van der Waals surface area contributed by atoms with Crippen LogP contribution in [0.15, 0.2) is 18.2 Å². The van der Waals surface area contributed by atoms with E-state index in [9.17, 15) is 18.4 Å². The first kappa shape index (κ1) is 16.4. The number of halogens is 2. The highest BCUT2D eigenvalue weighted by Gasteiger charge is 2.21. The summed E-state index contributed by atoms with van der Waals surface area (Å²) in [5, 5.41) is 3.13. The van der Waals surface area contributed by atoms with Gasteiger partial charge in [-0.25, -0.2) is 8.78 Å². The average molecular weight is 311 g/mol. The molecule has 0 radical (unpaired) electrons. The average Bonchev–Trinajstić information content (AvgIpc) is 2.51. The minimum Gasteiger partial charge on any atom is -0.339 e. The number of nitrogens with zero attached hydrogens (tertiary/aromatic N) is 2. The molecule has 0 unspecified atom stereocenters. The first-order valence-electron chi connectivity index (χ1n) is 7.14. The maximum absolute atomic E-state index is 13.5. The second-order valence-electron chi connectivity index (χ2n) is 5.26. The molecule has 1 heterocycles. The molecule has 0 aromatic heterocycles. The van der Waals surface area contributed by atoms with Crippen LogP contribution in [0.2, 0.25) is 0 Å². The van der Waals surface area contributed by atoms with Crippen LogP contribution in [0.1, 0.15) is 5.56 Å². The molecule has 0 atom stereocenters. The van der Waals surface area contributed by atoms with Gasteiger partial charge in [0.25, 0.3) is 0 Å². The van der Waals surface area contributed by atoms with Crippen LogP contribution in [0.4, 0.5) is 8.78 Å². The van der Waals surface area contributed by atoms with Gasteiger partial charge >= 0.3 is 0 Å². The van der Waals surface area contributed by atoms with E-state index >= 15 is 0 Å². The van der Waals surface area contributed by atoms with Crippen molar-refractivity contribution in [3.05, 3.63) is 35.4 Å². The number of nitrogens with one attached hydrogen (secondary N) is 1. The Morgan fingerprint density at radius 1 is 1.23 bits per heavy atom. The molecule has 120 valence electrons. The molecule has 0 saturated carbocycles. The van der Waals surface area contributed by atoms with E-state index in [4.69, 9.17) is 0 Å². The lowest BCUT2D eigenvalue weighted by molar-refractivity contribution is -0.139. The third-order valence-corrected chi connectivity index (χ3v) is 3.66. The number of likely N-dealkylation sites (N-methyl/N-ethyl adjacent to an activating group) is 1. The Morgan fingerprint density at radius 3 is 2.41 bits per heavy atom. The van der Waals surface area contributed by atoms with Crippen molar-refractivity contribution < 1.29 is 18.4 Å². The molecule has 0 spiro atoms. The zero-order valence-corrected chi connectivity index (χ0v) is 12.4. The number of benzene rings is 1. The van der Waals surface area contributed by atoms with Crippen LogP contribution in [0.3, 0.4) is 0 Å². The Kier molecular flexibility index (Phi) is 5.43. The number of piperazine rings is 1. The van der Waals surface area contributed by atoms with Crippen molar-refractivity contribution in [2.24, 2.45) is 0 Å². The Hall–Kier alpha value is -2.02. The van der Waals surface area contributed by atoms with Gasteiger partial charge in [-0.3, -0.25) is 9.59 Å². The van der Waals surface area contributed by atoms with E-state index in [2.05, 4.69) is 5.32 Å². The summed E-state index contributed by atoms with van der Waals surface area (Å²) in [5.41, 5.74) is -0.269. The minimum atomic E-state index is -0.754. The minimum absolute atomic E-state index is 0.0884. The molecule has 1 aromatic carbocycles. The Balaban J connectivity index is 1.93. The van der Waals surface area contributed by atoms with Crippen molar-refractivity contribution in [2.75, 3.05) is 39.8 Å². The summed E-state index contributed by atoms with van der Waals surface area (Å²) in [7, 11) is 1.46. The van der Waals surface area contributed by atoms with E-state index in [0.29, 0.717) is 13.1 Å². The zero-order valence-electron chi connectivity index (χ0n) is 12.4. The fourth-order valence-corrected chi connectivity index (χ4v) is 2.29. The second kappa shape index (κ2) is 7.31. The van der Waals surface area contributed by atoms with Crippen molar-refractivity contribution in [2.45, 2.75) is 6.42 Å². The van der Waals surface area contributed by atoms with Gasteiger partial charge in [-0.15, -0.1) is 0 Å². The lowest BCUT2D eigenvalue weighted by Crippen LogP contribution is -2.50. The molecule has 2 rings (SSSR count). The molecular formula is C15H19F2N3O2. The Bertz CT molecular complexity index is 539. The fraction of sp³-hybridized carbons (Fsp3) is 0.467. The highest BCUT2D eigenvalue weighted by Crippen LogP contribution is 2.13. The van der Waals surface area contributed by atoms with Crippen LogP contribution in [0.25, 0.3) is 0 Å². The highest BCUT2D eigenvalue weighted by atomic mass is 19.1. The molecule has 5 nitrogen and oxygen atoms in total. The van der Waals surface area contributed by atoms with Gasteiger partial charge in [-0.05, 0) is 12.1 Å². The second-order valence-corrected chi connectivity index (χ2v) is 5.26. The van der Waals surface area contributed by atoms with Crippen LogP contribution < -0.4 is 5.32 Å². The summed E-state index contributed by atoms with van der Waals surface area (Å²) < 4.78 is 27.1. The first-order valence-corrected chi connectivity index (χ1v) is 7.14. The molecule has 0 aliphatic carbocycles. The third kappa shape index (κ3) is 4.00. The lowest BCUT2D eigenvalue weighted by Gasteiger charge is -2.29. The largest absolute Gasteiger partial charge is 0.339 e. The van der Waals surface area contributed by atoms with Gasteiger partial charge in [-0.1, -0.05) is 6.07 Å². The monoisotopic (exact) mass is 311 g/mol. The predicted octanol–water partition coefficient (Wildman–Crippen LogP) is 0.398. The van der Waals surface area contributed by atoms with Crippen molar-refractivity contribution in [3.8, 4) is 0 Å². The predicted molar refractivity (Wildman–Crippen MR) is 77.1 cm³/mol. The molecule has 1 aromatic rings. The molecule has 7 heteroatoms. The molecule has 22 heavy (non-hydrogen) atoms. The summed E-state index contributed by atoms with van der Waals surface area (Å²) in [6.45, 7) is 2.56. The molecule has 1 saturated heterocycles. The van der Waals surface area contributed by atoms with Crippen LogP contribution in [-0.4, -0.2) is 61.4 Å². The van der Waals surface area contributed by atoms with E-state index in [1.54, 1.807) is 4.90 Å². The fourth-order valence-electron chi connectivity index (χ4n) is 2.29. The number of carbonyl (C=O) groups is 2. The molecule has 2 amide bonds.